The van der Waals surface area contributed by atoms with Crippen molar-refractivity contribution in [2.45, 2.75) is 23.8 Å². The quantitative estimate of drug-likeness (QED) is 0.681. The second-order valence-corrected chi connectivity index (χ2v) is 8.91. The zero-order chi connectivity index (χ0) is 18.1. The molecular formula is C17H16FN3O3S2. The molecule has 2 aromatic heterocycles. The largest absolute Gasteiger partial charge is 0.467 e. The molecule has 0 spiro atoms. The van der Waals surface area contributed by atoms with Crippen LogP contribution in [-0.4, -0.2) is 41.9 Å². The number of hydrogen-bond acceptors (Lipinski definition) is 6. The molecule has 9 heteroatoms. The van der Waals surface area contributed by atoms with Gasteiger partial charge in [-0.3, -0.25) is 4.98 Å². The van der Waals surface area contributed by atoms with Crippen molar-refractivity contribution in [1.29, 1.82) is 0 Å². The summed E-state index contributed by atoms with van der Waals surface area (Å²) in [5.74, 6) is -0.369. The molecule has 4 rings (SSSR count). The summed E-state index contributed by atoms with van der Waals surface area (Å²) < 4.78 is 47.0. The smallest absolute Gasteiger partial charge is 0.274 e. The topological polar surface area (TPSA) is 72.4 Å². The molecular weight excluding hydrogens is 377 g/mol. The number of fused-ring (bicyclic) bond motifs is 1. The molecule has 3 heterocycles. The Hall–Kier alpha value is -2.10. The average Bonchev–Trinajstić information content (AvgIpc) is 3.07. The van der Waals surface area contributed by atoms with Crippen LogP contribution < -0.4 is 4.74 Å². The van der Waals surface area contributed by atoms with E-state index in [-0.39, 0.29) is 16.8 Å². The number of aromatic nitrogens is 2. The Morgan fingerprint density at radius 3 is 2.69 bits per heavy atom. The molecule has 0 aliphatic carbocycles. The minimum Gasteiger partial charge on any atom is -0.467 e. The number of thiazole rings is 1. The SMILES string of the molecule is O=S(=O)(c1cccnc1)N1CCC(Oc2nc3c(F)cccc3s2)CC1. The lowest BCUT2D eigenvalue weighted by molar-refractivity contribution is 0.135. The first-order valence-corrected chi connectivity index (χ1v) is 10.4. The zero-order valence-corrected chi connectivity index (χ0v) is 15.3. The van der Waals surface area contributed by atoms with E-state index < -0.39 is 10.0 Å². The van der Waals surface area contributed by atoms with Gasteiger partial charge in [-0.05, 0) is 37.1 Å². The van der Waals surface area contributed by atoms with Gasteiger partial charge in [0.15, 0.2) is 0 Å². The van der Waals surface area contributed by atoms with Gasteiger partial charge in [0.05, 0.1) is 4.70 Å². The van der Waals surface area contributed by atoms with E-state index in [1.165, 1.54) is 27.9 Å². The van der Waals surface area contributed by atoms with Crippen LogP contribution in [0.15, 0.2) is 47.6 Å². The monoisotopic (exact) mass is 393 g/mol. The fourth-order valence-electron chi connectivity index (χ4n) is 2.93. The van der Waals surface area contributed by atoms with E-state index in [0.29, 0.717) is 36.6 Å². The highest BCUT2D eigenvalue weighted by molar-refractivity contribution is 7.89. The van der Waals surface area contributed by atoms with Gasteiger partial charge in [-0.2, -0.15) is 9.29 Å². The molecule has 0 radical (unpaired) electrons. The van der Waals surface area contributed by atoms with E-state index >= 15 is 0 Å². The first kappa shape index (κ1) is 17.3. The molecule has 0 N–H and O–H groups in total. The lowest BCUT2D eigenvalue weighted by atomic mass is 10.1. The maximum atomic E-state index is 13.7. The molecule has 136 valence electrons. The summed E-state index contributed by atoms with van der Waals surface area (Å²) in [6.07, 6.45) is 3.86. The molecule has 26 heavy (non-hydrogen) atoms. The van der Waals surface area contributed by atoms with Crippen LogP contribution in [0.3, 0.4) is 0 Å². The first-order chi connectivity index (χ1) is 12.5. The molecule has 1 saturated heterocycles. The molecule has 1 aromatic carbocycles. The highest BCUT2D eigenvalue weighted by atomic mass is 32.2. The van der Waals surface area contributed by atoms with Crippen LogP contribution in [0.4, 0.5) is 4.39 Å². The van der Waals surface area contributed by atoms with Crippen molar-refractivity contribution in [3.8, 4) is 5.19 Å². The van der Waals surface area contributed by atoms with Gasteiger partial charge in [0.1, 0.15) is 22.3 Å². The lowest BCUT2D eigenvalue weighted by Gasteiger charge is -2.30. The fraction of sp³-hybridized carbons (Fsp3) is 0.294. The number of rotatable bonds is 4. The van der Waals surface area contributed by atoms with E-state index in [2.05, 4.69) is 9.97 Å². The second kappa shape index (κ2) is 6.90. The van der Waals surface area contributed by atoms with Gasteiger partial charge >= 0.3 is 0 Å². The number of ether oxygens (including phenoxy) is 1. The Morgan fingerprint density at radius 2 is 2.00 bits per heavy atom. The van der Waals surface area contributed by atoms with Crippen LogP contribution in [0, 0.1) is 5.82 Å². The number of pyridine rings is 1. The predicted octanol–water partition coefficient (Wildman–Crippen LogP) is 3.06. The molecule has 3 aromatic rings. The van der Waals surface area contributed by atoms with Crippen molar-refractivity contribution in [2.75, 3.05) is 13.1 Å². The van der Waals surface area contributed by atoms with Crippen molar-refractivity contribution in [2.24, 2.45) is 0 Å². The van der Waals surface area contributed by atoms with Crippen LogP contribution in [-0.2, 0) is 10.0 Å². The summed E-state index contributed by atoms with van der Waals surface area (Å²) in [7, 11) is -3.53. The van der Waals surface area contributed by atoms with Gasteiger partial charge in [-0.15, -0.1) is 0 Å². The third-order valence-electron chi connectivity index (χ3n) is 4.29. The minimum absolute atomic E-state index is 0.140. The molecule has 0 saturated carbocycles. The zero-order valence-electron chi connectivity index (χ0n) is 13.7. The standard InChI is InChI=1S/C17H16FN3O3S2/c18-14-4-1-5-15-16(14)20-17(25-15)24-12-6-9-21(10-7-12)26(22,23)13-3-2-8-19-11-13/h1-5,8,11-12H,6-7,9-10H2. The third-order valence-corrected chi connectivity index (χ3v) is 7.08. The lowest BCUT2D eigenvalue weighted by Crippen LogP contribution is -2.41. The molecule has 1 fully saturated rings. The molecule has 1 aliphatic rings. The second-order valence-electron chi connectivity index (χ2n) is 5.98. The highest BCUT2D eigenvalue weighted by Crippen LogP contribution is 2.31. The number of nitrogens with zero attached hydrogens (tertiary/aromatic N) is 3. The van der Waals surface area contributed by atoms with Gasteiger partial charge < -0.3 is 4.74 Å². The van der Waals surface area contributed by atoms with E-state index in [4.69, 9.17) is 4.74 Å². The summed E-state index contributed by atoms with van der Waals surface area (Å²) in [5.41, 5.74) is 0.309. The Kier molecular flexibility index (Phi) is 4.60. The number of sulfonamides is 1. The summed E-state index contributed by atoms with van der Waals surface area (Å²) >= 11 is 1.29. The number of hydrogen-bond donors (Lipinski definition) is 0. The summed E-state index contributed by atoms with van der Waals surface area (Å²) in [6.45, 7) is 0.725. The molecule has 0 unspecified atom stereocenters. The first-order valence-electron chi connectivity index (χ1n) is 8.16. The normalized spacial score (nSPS) is 16.8. The van der Waals surface area contributed by atoms with Crippen molar-refractivity contribution in [1.82, 2.24) is 14.3 Å². The maximum Gasteiger partial charge on any atom is 0.274 e. The van der Waals surface area contributed by atoms with E-state index in [1.807, 2.05) is 0 Å². The van der Waals surface area contributed by atoms with Crippen molar-refractivity contribution in [3.05, 3.63) is 48.5 Å². The van der Waals surface area contributed by atoms with Crippen molar-refractivity contribution >= 4 is 31.6 Å². The number of piperidine rings is 1. The van der Waals surface area contributed by atoms with E-state index in [1.54, 1.807) is 30.5 Å². The molecule has 0 bridgehead atoms. The van der Waals surface area contributed by atoms with Gasteiger partial charge in [0.2, 0.25) is 10.0 Å². The predicted molar refractivity (Wildman–Crippen MR) is 96.2 cm³/mol. The third kappa shape index (κ3) is 3.29. The number of benzene rings is 1. The van der Waals surface area contributed by atoms with Crippen molar-refractivity contribution < 1.29 is 17.5 Å². The molecule has 1 aliphatic heterocycles. The van der Waals surface area contributed by atoms with Gasteiger partial charge in [-0.1, -0.05) is 17.4 Å². The summed E-state index contributed by atoms with van der Waals surface area (Å²) in [6, 6.07) is 7.95. The Morgan fingerprint density at radius 1 is 1.19 bits per heavy atom. The Labute approximate surface area is 154 Å². The van der Waals surface area contributed by atoms with Gasteiger partial charge in [0, 0.05) is 25.5 Å². The fourth-order valence-corrected chi connectivity index (χ4v) is 5.26. The van der Waals surface area contributed by atoms with Gasteiger partial charge in [-0.25, -0.2) is 12.8 Å². The Bertz CT molecular complexity index is 1020. The van der Waals surface area contributed by atoms with Crippen LogP contribution in [0.2, 0.25) is 0 Å². The number of para-hydroxylation sites is 1. The summed E-state index contributed by atoms with van der Waals surface area (Å²) in [5, 5.41) is 0.415. The van der Waals surface area contributed by atoms with Crippen LogP contribution in [0.1, 0.15) is 12.8 Å². The van der Waals surface area contributed by atoms with Crippen LogP contribution >= 0.6 is 11.3 Å². The summed E-state index contributed by atoms with van der Waals surface area (Å²) in [4.78, 5) is 8.27. The average molecular weight is 393 g/mol. The van der Waals surface area contributed by atoms with Crippen LogP contribution in [0.25, 0.3) is 10.2 Å². The molecule has 0 atom stereocenters. The highest BCUT2D eigenvalue weighted by Gasteiger charge is 2.30. The van der Waals surface area contributed by atoms with E-state index in [0.717, 1.165) is 4.70 Å². The van der Waals surface area contributed by atoms with Crippen molar-refractivity contribution in [3.63, 3.8) is 0 Å². The number of halogens is 1. The minimum atomic E-state index is -3.53. The van der Waals surface area contributed by atoms with Crippen LogP contribution in [0.5, 0.6) is 5.19 Å². The van der Waals surface area contributed by atoms with Gasteiger partial charge in [0.25, 0.3) is 5.19 Å². The maximum absolute atomic E-state index is 13.7. The molecule has 0 amide bonds. The molecule has 6 nitrogen and oxygen atoms in total. The Balaban J connectivity index is 1.43. The van der Waals surface area contributed by atoms with E-state index in [9.17, 15) is 12.8 Å².